The lowest BCUT2D eigenvalue weighted by Crippen LogP contribution is -2.59. The number of hydrogen-bond donors (Lipinski definition) is 4. The van der Waals surface area contributed by atoms with E-state index >= 15 is 0 Å². The normalized spacial score (nSPS) is 58.3. The summed E-state index contributed by atoms with van der Waals surface area (Å²) >= 11 is 0. The molecule has 26 heavy (non-hydrogen) atoms. The number of Topliss-reactive ketones (excluding diaryl/α,β-unsaturated/α-hetero) is 1. The first-order valence-electron chi connectivity index (χ1n) is 9.31. The van der Waals surface area contributed by atoms with Crippen molar-refractivity contribution in [2.45, 2.75) is 56.7 Å². The van der Waals surface area contributed by atoms with Crippen LogP contribution in [0.3, 0.4) is 0 Å². The van der Waals surface area contributed by atoms with Crippen molar-refractivity contribution < 1.29 is 30.0 Å². The van der Waals surface area contributed by atoms with E-state index in [1.165, 1.54) is 0 Å². The molecule has 0 aromatic heterocycles. The molecule has 1 aliphatic heterocycles. The van der Waals surface area contributed by atoms with Crippen molar-refractivity contribution >= 4 is 5.78 Å². The second kappa shape index (κ2) is 5.26. The highest BCUT2D eigenvalue weighted by Crippen LogP contribution is 2.64. The molecule has 4 rings (SSSR count). The first-order chi connectivity index (χ1) is 12.0. The van der Waals surface area contributed by atoms with Crippen molar-refractivity contribution in [1.29, 1.82) is 0 Å². The third kappa shape index (κ3) is 1.82. The Morgan fingerprint density at radius 1 is 1.31 bits per heavy atom. The predicted octanol–water partition coefficient (Wildman–Crippen LogP) is 0.192. The number of carbonyl (C=O) groups is 1. The van der Waals surface area contributed by atoms with Gasteiger partial charge in [-0.2, -0.15) is 0 Å². The van der Waals surface area contributed by atoms with Crippen molar-refractivity contribution in [2.75, 3.05) is 6.61 Å². The molecule has 0 spiro atoms. The summed E-state index contributed by atoms with van der Waals surface area (Å²) < 4.78 is 5.97. The maximum Gasteiger partial charge on any atom is 0.196 e. The number of carbonyl (C=O) groups excluding carboxylic acids is 1. The van der Waals surface area contributed by atoms with Gasteiger partial charge in [-0.05, 0) is 26.2 Å². The number of fused-ring (bicyclic) bond motifs is 1. The van der Waals surface area contributed by atoms with Gasteiger partial charge in [-0.15, -0.1) is 0 Å². The zero-order chi connectivity index (χ0) is 19.2. The molecule has 0 aromatic rings. The molecule has 4 aliphatic rings. The summed E-state index contributed by atoms with van der Waals surface area (Å²) in [7, 11) is 0. The van der Waals surface area contributed by atoms with Crippen LogP contribution in [0.15, 0.2) is 24.3 Å². The maximum atomic E-state index is 13.6. The van der Waals surface area contributed by atoms with Gasteiger partial charge in [-0.3, -0.25) is 4.79 Å². The Morgan fingerprint density at radius 2 is 1.96 bits per heavy atom. The first kappa shape index (κ1) is 18.3. The van der Waals surface area contributed by atoms with E-state index < -0.39 is 52.5 Å². The molecule has 3 aliphatic carbocycles. The van der Waals surface area contributed by atoms with Gasteiger partial charge in [0.2, 0.25) is 0 Å². The Bertz CT molecular complexity index is 702. The maximum absolute atomic E-state index is 13.6. The number of aliphatic hydroxyl groups is 4. The molecule has 10 atom stereocenters. The Kier molecular flexibility index (Phi) is 3.71. The minimum Gasteiger partial charge on any atom is -0.392 e. The molecule has 2 saturated carbocycles. The highest BCUT2D eigenvalue weighted by Gasteiger charge is 2.77. The highest BCUT2D eigenvalue weighted by atomic mass is 16.5. The number of rotatable bonds is 1. The van der Waals surface area contributed by atoms with E-state index in [4.69, 9.17) is 4.74 Å². The topological polar surface area (TPSA) is 107 Å². The van der Waals surface area contributed by atoms with Crippen LogP contribution in [-0.2, 0) is 9.53 Å². The van der Waals surface area contributed by atoms with Gasteiger partial charge in [-0.1, -0.05) is 31.2 Å². The van der Waals surface area contributed by atoms with Crippen LogP contribution in [0.1, 0.15) is 27.2 Å². The fourth-order valence-electron chi connectivity index (χ4n) is 6.37. The lowest BCUT2D eigenvalue weighted by molar-refractivity contribution is -0.181. The van der Waals surface area contributed by atoms with Gasteiger partial charge < -0.3 is 25.2 Å². The number of ether oxygens (including phenoxy) is 1. The molecule has 144 valence electrons. The summed E-state index contributed by atoms with van der Waals surface area (Å²) in [5, 5.41) is 44.4. The van der Waals surface area contributed by atoms with Gasteiger partial charge in [0, 0.05) is 17.8 Å². The number of allylic oxidation sites excluding steroid dienone is 2. The second-order valence-corrected chi connectivity index (χ2v) is 9.08. The molecule has 3 fully saturated rings. The van der Waals surface area contributed by atoms with Gasteiger partial charge in [-0.25, -0.2) is 0 Å². The number of aliphatic hydroxyl groups excluding tert-OH is 3. The van der Waals surface area contributed by atoms with Crippen LogP contribution < -0.4 is 0 Å². The average Bonchev–Trinajstić information content (AvgIpc) is 3.00. The molecule has 6 heteroatoms. The van der Waals surface area contributed by atoms with Crippen LogP contribution in [0, 0.1) is 29.1 Å². The molecule has 0 aromatic carbocycles. The molecular weight excluding hydrogens is 336 g/mol. The SMILES string of the molecule is C=C(C)C1C=CC(O)C23COC(C)(C(=O)C4(O)CC(C)C(O)C4C2O)C13. The molecule has 4 N–H and O–H groups in total. The van der Waals surface area contributed by atoms with Gasteiger partial charge >= 0.3 is 0 Å². The van der Waals surface area contributed by atoms with Gasteiger partial charge in [0.05, 0.1) is 30.3 Å². The van der Waals surface area contributed by atoms with Crippen LogP contribution in [0.4, 0.5) is 0 Å². The highest BCUT2D eigenvalue weighted by molar-refractivity contribution is 5.96. The summed E-state index contributed by atoms with van der Waals surface area (Å²) in [4.78, 5) is 13.6. The van der Waals surface area contributed by atoms with Crippen molar-refractivity contribution in [3.05, 3.63) is 24.3 Å². The van der Waals surface area contributed by atoms with Crippen LogP contribution >= 0.6 is 0 Å². The average molecular weight is 364 g/mol. The molecule has 6 nitrogen and oxygen atoms in total. The van der Waals surface area contributed by atoms with Gasteiger partial charge in [0.15, 0.2) is 5.78 Å². The van der Waals surface area contributed by atoms with E-state index in [0.29, 0.717) is 0 Å². The Hall–Kier alpha value is -1.05. The summed E-state index contributed by atoms with van der Waals surface area (Å²) in [6.07, 6.45) is 0.141. The van der Waals surface area contributed by atoms with Crippen molar-refractivity contribution in [2.24, 2.45) is 29.1 Å². The zero-order valence-corrected chi connectivity index (χ0v) is 15.4. The Labute approximate surface area is 153 Å². The zero-order valence-electron chi connectivity index (χ0n) is 15.4. The lowest BCUT2D eigenvalue weighted by atomic mass is 9.55. The standard InChI is InChI=1S/C20H28O6/c1-9(2)11-5-6-12(21)19-8-26-18(4,15(11)19)17(24)20(25)7-10(3)14(22)13(20)16(19)23/h5-6,10-16,21-23,25H,1,7-8H2,2-4H3. The fraction of sp³-hybridized carbons (Fsp3) is 0.750. The Morgan fingerprint density at radius 3 is 2.58 bits per heavy atom. The fourth-order valence-corrected chi connectivity index (χ4v) is 6.37. The van der Waals surface area contributed by atoms with Crippen molar-refractivity contribution in [1.82, 2.24) is 0 Å². The molecular formula is C20H28O6. The monoisotopic (exact) mass is 364 g/mol. The number of ketones is 1. The second-order valence-electron chi connectivity index (χ2n) is 9.08. The van der Waals surface area contributed by atoms with E-state index in [9.17, 15) is 25.2 Å². The lowest BCUT2D eigenvalue weighted by Gasteiger charge is -2.49. The van der Waals surface area contributed by atoms with Crippen LogP contribution in [-0.4, -0.2) is 62.3 Å². The van der Waals surface area contributed by atoms with Gasteiger partial charge in [0.1, 0.15) is 11.2 Å². The van der Waals surface area contributed by atoms with E-state index in [2.05, 4.69) is 6.58 Å². The predicted molar refractivity (Wildman–Crippen MR) is 93.0 cm³/mol. The van der Waals surface area contributed by atoms with Crippen molar-refractivity contribution in [3.8, 4) is 0 Å². The van der Waals surface area contributed by atoms with E-state index in [1.807, 2.05) is 13.0 Å². The van der Waals surface area contributed by atoms with E-state index in [0.717, 1.165) is 5.57 Å². The molecule has 1 saturated heterocycles. The smallest absolute Gasteiger partial charge is 0.196 e. The third-order valence-corrected chi connectivity index (χ3v) is 7.64. The van der Waals surface area contributed by atoms with Crippen LogP contribution in [0.25, 0.3) is 0 Å². The summed E-state index contributed by atoms with van der Waals surface area (Å²) in [5.41, 5.74) is -3.63. The molecule has 0 radical (unpaired) electrons. The van der Waals surface area contributed by atoms with Crippen molar-refractivity contribution in [3.63, 3.8) is 0 Å². The minimum atomic E-state index is -1.88. The van der Waals surface area contributed by atoms with Gasteiger partial charge in [0.25, 0.3) is 0 Å². The Balaban J connectivity index is 1.98. The third-order valence-electron chi connectivity index (χ3n) is 7.64. The molecule has 2 bridgehead atoms. The van der Waals surface area contributed by atoms with Crippen LogP contribution in [0.5, 0.6) is 0 Å². The molecule has 10 unspecified atom stereocenters. The summed E-state index contributed by atoms with van der Waals surface area (Å²) in [6, 6.07) is 0. The van der Waals surface area contributed by atoms with E-state index in [1.54, 1.807) is 19.9 Å². The molecule has 0 amide bonds. The largest absolute Gasteiger partial charge is 0.392 e. The number of hydrogen-bond acceptors (Lipinski definition) is 6. The quantitative estimate of drug-likeness (QED) is 0.495. The summed E-state index contributed by atoms with van der Waals surface area (Å²) in [5.74, 6) is -2.73. The van der Waals surface area contributed by atoms with E-state index in [-0.39, 0.29) is 24.9 Å². The summed E-state index contributed by atoms with van der Waals surface area (Å²) in [6.45, 7) is 9.26. The van der Waals surface area contributed by atoms with Crippen LogP contribution in [0.2, 0.25) is 0 Å². The first-order valence-corrected chi connectivity index (χ1v) is 9.31. The molecule has 1 heterocycles. The minimum absolute atomic E-state index is 0.00988.